The maximum absolute atomic E-state index is 13.6. The second-order valence-corrected chi connectivity index (χ2v) is 7.94. The average molecular weight is 436 g/mol. The molecular formula is C25H19ClFNO3. The van der Waals surface area contributed by atoms with Gasteiger partial charge in [0.1, 0.15) is 11.6 Å². The van der Waals surface area contributed by atoms with Gasteiger partial charge in [0.25, 0.3) is 11.7 Å². The summed E-state index contributed by atoms with van der Waals surface area (Å²) in [6.45, 7) is 3.86. The smallest absolute Gasteiger partial charge is 0.300 e. The maximum atomic E-state index is 13.6. The number of aliphatic hydroxyl groups excluding tert-OH is 1. The molecule has 1 aliphatic rings. The van der Waals surface area contributed by atoms with E-state index in [0.29, 0.717) is 21.8 Å². The molecule has 1 atom stereocenters. The molecule has 0 radical (unpaired) electrons. The minimum Gasteiger partial charge on any atom is -0.507 e. The SMILES string of the molecule is Cc1ccc(N2C(=O)C(=O)/C(=C(/O)c3cccc(Cl)c3)C2c2ccc(F)cc2)cc1C. The number of carbonyl (C=O) groups is 2. The molecule has 3 aromatic rings. The molecule has 31 heavy (non-hydrogen) atoms. The lowest BCUT2D eigenvalue weighted by atomic mass is 9.95. The number of nitrogens with zero attached hydrogens (tertiary/aromatic N) is 1. The highest BCUT2D eigenvalue weighted by Gasteiger charge is 2.47. The fourth-order valence-electron chi connectivity index (χ4n) is 3.73. The van der Waals surface area contributed by atoms with Gasteiger partial charge in [-0.05, 0) is 66.9 Å². The van der Waals surface area contributed by atoms with Crippen LogP contribution in [0, 0.1) is 19.7 Å². The number of anilines is 1. The van der Waals surface area contributed by atoms with Gasteiger partial charge in [-0.15, -0.1) is 0 Å². The van der Waals surface area contributed by atoms with Crippen molar-refractivity contribution in [2.45, 2.75) is 19.9 Å². The van der Waals surface area contributed by atoms with Gasteiger partial charge in [0.2, 0.25) is 0 Å². The molecule has 0 aromatic heterocycles. The fraction of sp³-hybridized carbons (Fsp3) is 0.120. The second-order valence-electron chi connectivity index (χ2n) is 7.50. The lowest BCUT2D eigenvalue weighted by Crippen LogP contribution is -2.29. The molecule has 0 aliphatic carbocycles. The summed E-state index contributed by atoms with van der Waals surface area (Å²) in [5.41, 5.74) is 3.26. The number of Topliss-reactive ketones (excluding diaryl/α,β-unsaturated/α-hetero) is 1. The Morgan fingerprint density at radius 1 is 0.968 bits per heavy atom. The van der Waals surface area contributed by atoms with Crippen molar-refractivity contribution in [3.63, 3.8) is 0 Å². The third-order valence-corrected chi connectivity index (χ3v) is 5.73. The van der Waals surface area contributed by atoms with Crippen LogP contribution in [-0.2, 0) is 9.59 Å². The van der Waals surface area contributed by atoms with Crippen LogP contribution in [0.25, 0.3) is 5.76 Å². The minimum atomic E-state index is -0.915. The van der Waals surface area contributed by atoms with E-state index >= 15 is 0 Å². The van der Waals surface area contributed by atoms with E-state index in [4.69, 9.17) is 11.6 Å². The molecule has 0 saturated carbocycles. The Morgan fingerprint density at radius 3 is 2.32 bits per heavy atom. The first-order valence-electron chi connectivity index (χ1n) is 9.67. The predicted molar refractivity (Wildman–Crippen MR) is 119 cm³/mol. The van der Waals surface area contributed by atoms with Crippen molar-refractivity contribution >= 4 is 34.7 Å². The number of aliphatic hydroxyl groups is 1. The van der Waals surface area contributed by atoms with Crippen LogP contribution >= 0.6 is 11.6 Å². The molecule has 0 bridgehead atoms. The van der Waals surface area contributed by atoms with E-state index in [1.54, 1.807) is 24.3 Å². The standard InChI is InChI=1S/C25H19ClFNO3/c1-14-6-11-20(12-15(14)2)28-22(16-7-9-19(27)10-8-16)21(24(30)25(28)31)23(29)17-4-3-5-18(26)13-17/h3-13,22,29H,1-2H3/b23-21+. The zero-order chi connectivity index (χ0) is 22.3. The molecule has 1 aliphatic heterocycles. The Labute approximate surface area is 184 Å². The highest BCUT2D eigenvalue weighted by atomic mass is 35.5. The highest BCUT2D eigenvalue weighted by molar-refractivity contribution is 6.51. The zero-order valence-corrected chi connectivity index (χ0v) is 17.7. The number of aryl methyl sites for hydroxylation is 2. The summed E-state index contributed by atoms with van der Waals surface area (Å²) in [4.78, 5) is 27.5. The summed E-state index contributed by atoms with van der Waals surface area (Å²) >= 11 is 6.05. The number of rotatable bonds is 3. The van der Waals surface area contributed by atoms with Crippen molar-refractivity contribution in [1.82, 2.24) is 0 Å². The van der Waals surface area contributed by atoms with Gasteiger partial charge < -0.3 is 5.11 Å². The fourth-order valence-corrected chi connectivity index (χ4v) is 3.92. The summed E-state index contributed by atoms with van der Waals surface area (Å²) < 4.78 is 13.6. The van der Waals surface area contributed by atoms with Crippen LogP contribution < -0.4 is 4.90 Å². The zero-order valence-electron chi connectivity index (χ0n) is 16.9. The number of hydrogen-bond donors (Lipinski definition) is 1. The summed E-state index contributed by atoms with van der Waals surface area (Å²) in [6.07, 6.45) is 0. The van der Waals surface area contributed by atoms with E-state index in [9.17, 15) is 19.1 Å². The molecule has 156 valence electrons. The third kappa shape index (κ3) is 3.73. The molecule has 1 saturated heterocycles. The van der Waals surface area contributed by atoms with Gasteiger partial charge in [-0.3, -0.25) is 14.5 Å². The predicted octanol–water partition coefficient (Wildman–Crippen LogP) is 5.72. The van der Waals surface area contributed by atoms with E-state index < -0.39 is 23.5 Å². The van der Waals surface area contributed by atoms with Crippen LogP contribution in [0.2, 0.25) is 5.02 Å². The third-order valence-electron chi connectivity index (χ3n) is 5.50. The second kappa shape index (κ2) is 8.00. The first-order valence-corrected chi connectivity index (χ1v) is 10.1. The van der Waals surface area contributed by atoms with Crippen LogP contribution in [0.5, 0.6) is 0 Å². The molecule has 4 nitrogen and oxygen atoms in total. The van der Waals surface area contributed by atoms with E-state index in [0.717, 1.165) is 11.1 Å². The number of carbonyl (C=O) groups excluding carboxylic acids is 2. The number of benzene rings is 3. The molecule has 1 fully saturated rings. The van der Waals surface area contributed by atoms with E-state index in [2.05, 4.69) is 0 Å². The normalized spacial score (nSPS) is 17.9. The summed E-state index contributed by atoms with van der Waals surface area (Å²) in [6, 6.07) is 16.5. The van der Waals surface area contributed by atoms with Crippen molar-refractivity contribution in [3.8, 4) is 0 Å². The van der Waals surface area contributed by atoms with E-state index in [1.807, 2.05) is 26.0 Å². The summed E-state index contributed by atoms with van der Waals surface area (Å²) in [5.74, 6) is -2.35. The summed E-state index contributed by atoms with van der Waals surface area (Å²) in [5, 5.41) is 11.4. The van der Waals surface area contributed by atoms with Crippen molar-refractivity contribution in [3.05, 3.63) is 105 Å². The first kappa shape index (κ1) is 20.8. The molecule has 1 amide bonds. The number of amides is 1. The molecule has 6 heteroatoms. The van der Waals surface area contributed by atoms with Crippen LogP contribution in [0.4, 0.5) is 10.1 Å². The van der Waals surface area contributed by atoms with Crippen molar-refractivity contribution in [2.24, 2.45) is 0 Å². The van der Waals surface area contributed by atoms with Crippen LogP contribution in [0.1, 0.15) is 28.3 Å². The van der Waals surface area contributed by atoms with E-state index in [1.165, 1.54) is 35.2 Å². The van der Waals surface area contributed by atoms with E-state index in [-0.39, 0.29) is 11.3 Å². The van der Waals surface area contributed by atoms with Gasteiger partial charge in [-0.2, -0.15) is 0 Å². The molecule has 4 rings (SSSR count). The molecule has 1 N–H and O–H groups in total. The Kier molecular flexibility index (Phi) is 5.38. The van der Waals surface area contributed by atoms with Gasteiger partial charge in [-0.1, -0.05) is 41.9 Å². The Morgan fingerprint density at radius 2 is 1.68 bits per heavy atom. The minimum absolute atomic E-state index is 0.0721. The first-order chi connectivity index (χ1) is 14.8. The van der Waals surface area contributed by atoms with Crippen molar-refractivity contribution in [1.29, 1.82) is 0 Å². The van der Waals surface area contributed by atoms with Gasteiger partial charge in [0, 0.05) is 16.3 Å². The van der Waals surface area contributed by atoms with Crippen molar-refractivity contribution < 1.29 is 19.1 Å². The molecule has 0 spiro atoms. The quantitative estimate of drug-likeness (QED) is 0.325. The number of halogens is 2. The molecule has 1 unspecified atom stereocenters. The number of ketones is 1. The van der Waals surface area contributed by atoms with Crippen molar-refractivity contribution in [2.75, 3.05) is 4.90 Å². The Balaban J connectivity index is 1.96. The monoisotopic (exact) mass is 435 g/mol. The van der Waals surface area contributed by atoms with Crippen LogP contribution in [0.15, 0.2) is 72.3 Å². The van der Waals surface area contributed by atoms with Gasteiger partial charge in [0.15, 0.2) is 0 Å². The van der Waals surface area contributed by atoms with Gasteiger partial charge >= 0.3 is 0 Å². The van der Waals surface area contributed by atoms with Gasteiger partial charge in [-0.25, -0.2) is 4.39 Å². The molecule has 1 heterocycles. The topological polar surface area (TPSA) is 57.6 Å². The number of hydrogen-bond acceptors (Lipinski definition) is 3. The Bertz CT molecular complexity index is 1230. The Hall–Kier alpha value is -3.44. The molecular weight excluding hydrogens is 417 g/mol. The largest absolute Gasteiger partial charge is 0.507 e. The van der Waals surface area contributed by atoms with Crippen LogP contribution in [0.3, 0.4) is 0 Å². The lowest BCUT2D eigenvalue weighted by Gasteiger charge is -2.26. The van der Waals surface area contributed by atoms with Crippen LogP contribution in [-0.4, -0.2) is 16.8 Å². The summed E-state index contributed by atoms with van der Waals surface area (Å²) in [7, 11) is 0. The lowest BCUT2D eigenvalue weighted by molar-refractivity contribution is -0.132. The average Bonchev–Trinajstić information content (AvgIpc) is 3.01. The highest BCUT2D eigenvalue weighted by Crippen LogP contribution is 2.42. The maximum Gasteiger partial charge on any atom is 0.300 e. The van der Waals surface area contributed by atoms with Gasteiger partial charge in [0.05, 0.1) is 11.6 Å². The molecule has 3 aromatic carbocycles.